The molecule has 3 rings (SSSR count). The molecule has 2 saturated heterocycles. The topological polar surface area (TPSA) is 24.4 Å². The van der Waals surface area contributed by atoms with E-state index in [1.807, 2.05) is 6.21 Å². The van der Waals surface area contributed by atoms with Gasteiger partial charge in [0.05, 0.1) is 0 Å². The van der Waals surface area contributed by atoms with Gasteiger partial charge in [0.2, 0.25) is 0 Å². The lowest BCUT2D eigenvalue weighted by Crippen LogP contribution is -2.40. The fraction of sp³-hybridized carbons (Fsp3) is 0.750. The monoisotopic (exact) mass is 190 g/mol. The summed E-state index contributed by atoms with van der Waals surface area (Å²) in [6.45, 7) is 1.03. The van der Waals surface area contributed by atoms with Crippen LogP contribution >= 0.6 is 0 Å². The second kappa shape index (κ2) is 3.50. The van der Waals surface area contributed by atoms with Crippen LogP contribution in [0.15, 0.2) is 17.1 Å². The number of nitrogens with one attached hydrogen (secondary N) is 1. The van der Waals surface area contributed by atoms with Gasteiger partial charge in [0.25, 0.3) is 0 Å². The van der Waals surface area contributed by atoms with Crippen LogP contribution in [0.4, 0.5) is 0 Å². The molecule has 0 saturated carbocycles. The number of aliphatic imine (C=N–C) groups is 1. The second-order valence-electron chi connectivity index (χ2n) is 4.93. The van der Waals surface area contributed by atoms with Crippen molar-refractivity contribution < 1.29 is 0 Å². The third-order valence-electron chi connectivity index (χ3n) is 3.98. The van der Waals surface area contributed by atoms with Gasteiger partial charge < -0.3 is 5.32 Å². The van der Waals surface area contributed by atoms with Crippen LogP contribution < -0.4 is 5.32 Å². The molecule has 0 amide bonds. The predicted molar refractivity (Wildman–Crippen MR) is 58.7 cm³/mol. The summed E-state index contributed by atoms with van der Waals surface area (Å²) in [5.74, 6) is 1.62. The Bertz CT molecular complexity index is 257. The van der Waals surface area contributed by atoms with E-state index in [1.54, 1.807) is 0 Å². The number of nitrogens with zero attached hydrogens (tertiary/aromatic N) is 1. The van der Waals surface area contributed by atoms with Crippen LogP contribution in [-0.4, -0.2) is 24.8 Å². The molecule has 0 aromatic heterocycles. The summed E-state index contributed by atoms with van der Waals surface area (Å²) in [6, 6.07) is 1.64. The van der Waals surface area contributed by atoms with Gasteiger partial charge in [-0.15, -0.1) is 0 Å². The summed E-state index contributed by atoms with van der Waals surface area (Å²) in [6.07, 6.45) is 12.0. The molecule has 2 fully saturated rings. The number of piperidine rings is 1. The maximum absolute atomic E-state index is 4.37. The maximum Gasteiger partial charge on any atom is 0.0454 e. The Morgan fingerprint density at radius 3 is 2.57 bits per heavy atom. The molecule has 0 spiro atoms. The van der Waals surface area contributed by atoms with Crippen LogP contribution in [0.5, 0.6) is 0 Å². The standard InChI is InChI=1S/C12H18N2/c1-2-9(8-13-5-1)10-6-11-3-4-12(7-10)14-11/h1-2,5,9-12,14H,3-4,6-8H2/t9?,10-,11+,12-. The third kappa shape index (κ3) is 1.52. The van der Waals surface area contributed by atoms with Crippen molar-refractivity contribution >= 4 is 6.21 Å². The zero-order chi connectivity index (χ0) is 9.38. The highest BCUT2D eigenvalue weighted by Gasteiger charge is 2.36. The van der Waals surface area contributed by atoms with E-state index in [0.717, 1.165) is 30.5 Å². The van der Waals surface area contributed by atoms with Crippen LogP contribution in [0.25, 0.3) is 0 Å². The highest BCUT2D eigenvalue weighted by molar-refractivity contribution is 5.71. The van der Waals surface area contributed by atoms with E-state index in [0.29, 0.717) is 0 Å². The van der Waals surface area contributed by atoms with Crippen molar-refractivity contribution in [3.05, 3.63) is 12.2 Å². The van der Waals surface area contributed by atoms with E-state index in [-0.39, 0.29) is 0 Å². The van der Waals surface area contributed by atoms with Crippen molar-refractivity contribution in [1.29, 1.82) is 0 Å². The molecule has 0 radical (unpaired) electrons. The SMILES string of the molecule is C1=CC([C@H]2C[C@H]3CC[C@@H](C2)N3)CN=C1. The van der Waals surface area contributed by atoms with Gasteiger partial charge in [-0.2, -0.15) is 0 Å². The minimum Gasteiger partial charge on any atom is -0.311 e. The molecule has 14 heavy (non-hydrogen) atoms. The van der Waals surface area contributed by atoms with Gasteiger partial charge in [-0.05, 0) is 43.6 Å². The fourth-order valence-electron chi connectivity index (χ4n) is 3.25. The molecule has 0 aromatic carbocycles. The van der Waals surface area contributed by atoms with Crippen molar-refractivity contribution in [3.8, 4) is 0 Å². The molecule has 76 valence electrons. The molecule has 2 nitrogen and oxygen atoms in total. The van der Waals surface area contributed by atoms with Crippen LogP contribution in [0.3, 0.4) is 0 Å². The Morgan fingerprint density at radius 2 is 1.93 bits per heavy atom. The number of hydrogen-bond donors (Lipinski definition) is 1. The Labute approximate surface area is 85.5 Å². The lowest BCUT2D eigenvalue weighted by atomic mass is 9.81. The summed E-state index contributed by atoms with van der Waals surface area (Å²) >= 11 is 0. The molecular weight excluding hydrogens is 172 g/mol. The van der Waals surface area contributed by atoms with E-state index < -0.39 is 0 Å². The van der Waals surface area contributed by atoms with Crippen molar-refractivity contribution in [1.82, 2.24) is 5.32 Å². The average Bonchev–Trinajstić information content (AvgIpc) is 2.59. The number of hydrogen-bond acceptors (Lipinski definition) is 2. The van der Waals surface area contributed by atoms with Gasteiger partial charge in [0, 0.05) is 24.8 Å². The predicted octanol–water partition coefficient (Wildman–Crippen LogP) is 1.77. The Balaban J connectivity index is 1.68. The van der Waals surface area contributed by atoms with Gasteiger partial charge >= 0.3 is 0 Å². The van der Waals surface area contributed by atoms with E-state index >= 15 is 0 Å². The Hall–Kier alpha value is -0.630. The van der Waals surface area contributed by atoms with Crippen LogP contribution in [0, 0.1) is 11.8 Å². The van der Waals surface area contributed by atoms with Crippen molar-refractivity contribution in [3.63, 3.8) is 0 Å². The first-order valence-corrected chi connectivity index (χ1v) is 5.84. The molecule has 0 aromatic rings. The van der Waals surface area contributed by atoms with Gasteiger partial charge in [0.15, 0.2) is 0 Å². The molecule has 3 aliphatic heterocycles. The molecule has 3 aliphatic rings. The summed E-state index contributed by atoms with van der Waals surface area (Å²) in [7, 11) is 0. The first kappa shape index (κ1) is 8.66. The molecule has 0 aliphatic carbocycles. The smallest absolute Gasteiger partial charge is 0.0454 e. The van der Waals surface area contributed by atoms with Crippen molar-refractivity contribution in [2.45, 2.75) is 37.8 Å². The van der Waals surface area contributed by atoms with E-state index in [9.17, 15) is 0 Å². The molecule has 2 bridgehead atoms. The Morgan fingerprint density at radius 1 is 1.14 bits per heavy atom. The number of dihydropyridines is 1. The molecule has 2 heteroatoms. The minimum atomic E-state index is 0.727. The lowest BCUT2D eigenvalue weighted by molar-refractivity contribution is 0.249. The quantitative estimate of drug-likeness (QED) is 0.669. The first-order chi connectivity index (χ1) is 6.92. The largest absolute Gasteiger partial charge is 0.311 e. The summed E-state index contributed by atoms with van der Waals surface area (Å²) in [5, 5.41) is 3.70. The Kier molecular flexibility index (Phi) is 2.17. The van der Waals surface area contributed by atoms with Gasteiger partial charge in [-0.3, -0.25) is 4.99 Å². The average molecular weight is 190 g/mol. The molecule has 3 heterocycles. The number of allylic oxidation sites excluding steroid dienone is 1. The van der Waals surface area contributed by atoms with E-state index in [4.69, 9.17) is 0 Å². The normalized spacial score (nSPS) is 45.7. The molecule has 1 unspecified atom stereocenters. The first-order valence-electron chi connectivity index (χ1n) is 5.84. The van der Waals surface area contributed by atoms with E-state index in [1.165, 1.54) is 25.7 Å². The minimum absolute atomic E-state index is 0.727. The number of rotatable bonds is 1. The van der Waals surface area contributed by atoms with Crippen LogP contribution in [0.1, 0.15) is 25.7 Å². The highest BCUT2D eigenvalue weighted by atomic mass is 15.0. The number of fused-ring (bicyclic) bond motifs is 2. The second-order valence-corrected chi connectivity index (χ2v) is 4.93. The molecule has 4 atom stereocenters. The molecular formula is C12H18N2. The summed E-state index contributed by atoms with van der Waals surface area (Å²) in [4.78, 5) is 4.37. The highest BCUT2D eigenvalue weighted by Crippen LogP contribution is 2.36. The summed E-state index contributed by atoms with van der Waals surface area (Å²) < 4.78 is 0. The van der Waals surface area contributed by atoms with Gasteiger partial charge in [-0.25, -0.2) is 0 Å². The third-order valence-corrected chi connectivity index (χ3v) is 3.98. The van der Waals surface area contributed by atoms with E-state index in [2.05, 4.69) is 22.5 Å². The van der Waals surface area contributed by atoms with Crippen LogP contribution in [-0.2, 0) is 0 Å². The van der Waals surface area contributed by atoms with Crippen molar-refractivity contribution in [2.75, 3.05) is 6.54 Å². The maximum atomic E-state index is 4.37. The fourth-order valence-corrected chi connectivity index (χ4v) is 3.25. The van der Waals surface area contributed by atoms with Gasteiger partial charge in [0.1, 0.15) is 0 Å². The zero-order valence-corrected chi connectivity index (χ0v) is 8.52. The summed E-state index contributed by atoms with van der Waals surface area (Å²) in [5.41, 5.74) is 0. The zero-order valence-electron chi connectivity index (χ0n) is 8.52. The molecule has 1 N–H and O–H groups in total. The van der Waals surface area contributed by atoms with Crippen LogP contribution in [0.2, 0.25) is 0 Å². The van der Waals surface area contributed by atoms with Gasteiger partial charge in [-0.1, -0.05) is 6.08 Å². The lowest BCUT2D eigenvalue weighted by Gasteiger charge is -2.33. The van der Waals surface area contributed by atoms with Crippen molar-refractivity contribution in [2.24, 2.45) is 16.8 Å².